The summed E-state index contributed by atoms with van der Waals surface area (Å²) in [6, 6.07) is 57.8. The molecular weight excluding hydrogens is 1030 g/mol. The molecule has 10 aromatic carbocycles. The molecule has 15 N–H and O–H groups in total. The molecule has 15 nitrogen and oxygen atoms in total. The molecule has 394 valence electrons. The van der Waals surface area contributed by atoms with Gasteiger partial charge in [-0.2, -0.15) is 0 Å². The first-order valence-electron chi connectivity index (χ1n) is 21.9. The van der Waals surface area contributed by atoms with Crippen LogP contribution in [0.3, 0.4) is 0 Å². The molecule has 0 heterocycles. The van der Waals surface area contributed by atoms with Crippen LogP contribution in [0.5, 0.6) is 86.2 Å². The van der Waals surface area contributed by atoms with E-state index in [0.29, 0.717) is 10.8 Å². The molecule has 0 atom stereocenters. The SMILES string of the molecule is Oc1cc(O)cc(O)c1.Oc1ccc(-c2ccc(O)cc2)cc1.Oc1ccc(S)cc1.Oc1cccc(O)c1.Oc1cccc(O)c1O.Oc1cccc2c(O)cccc12.Oc1ccccc1O.Sc1ccc(S)cc1. The number of rotatable bonds is 1. The van der Waals surface area contributed by atoms with Crippen LogP contribution < -0.4 is 0 Å². The number of phenols is 15. The molecule has 0 aliphatic rings. The van der Waals surface area contributed by atoms with Gasteiger partial charge >= 0.3 is 0 Å². The number of thiol groups is 3. The van der Waals surface area contributed by atoms with Crippen molar-refractivity contribution in [2.24, 2.45) is 0 Å². The van der Waals surface area contributed by atoms with E-state index in [9.17, 15) is 10.2 Å². The van der Waals surface area contributed by atoms with E-state index in [0.717, 1.165) is 44.0 Å². The number of para-hydroxylation sites is 3. The second kappa shape index (κ2) is 31.9. The van der Waals surface area contributed by atoms with Crippen LogP contribution in [0.4, 0.5) is 0 Å². The lowest BCUT2D eigenvalue weighted by molar-refractivity contribution is 0.368. The number of aromatic hydroxyl groups is 15. The highest BCUT2D eigenvalue weighted by molar-refractivity contribution is 7.80. The second-order valence-corrected chi connectivity index (χ2v) is 16.7. The van der Waals surface area contributed by atoms with E-state index in [1.807, 2.05) is 48.5 Å². The smallest absolute Gasteiger partial charge is 0.200 e. The molecule has 10 aromatic rings. The zero-order chi connectivity index (χ0) is 56.2. The van der Waals surface area contributed by atoms with Gasteiger partial charge in [0, 0.05) is 49.7 Å². The lowest BCUT2D eigenvalue weighted by Gasteiger charge is -2.01. The molecule has 0 spiro atoms. The van der Waals surface area contributed by atoms with Crippen molar-refractivity contribution in [1.29, 1.82) is 0 Å². The third-order valence-electron chi connectivity index (χ3n) is 9.24. The standard InChI is InChI=1S/C12H10O2.C10H8O2.2C6H6O3.2C6H6O2.C6H6OS.C6H6S2/c13-11-5-1-9(2-6-11)10-3-7-12(14)8-4-10;11-9-5-1-3-7-8(9)4-2-6-10(7)12;7-4-1-5(8)3-6(9)2-4;7-4-2-1-3-5(8)6(4)9;7-5-2-1-3-6(8)4-5;7-5-3-1-2-4-6(5)8;7-5-1-3-6(8)4-2-5;7-5-1-2-6(8)4-3-5/h1-8,13-14H;1-6,11-12H;2*1-3,7-9H;4*1-4,7-8H. The van der Waals surface area contributed by atoms with E-state index in [1.54, 1.807) is 103 Å². The molecule has 0 aromatic heterocycles. The summed E-state index contributed by atoms with van der Waals surface area (Å²) in [5, 5.41) is 134. The van der Waals surface area contributed by atoms with Gasteiger partial charge in [0.15, 0.2) is 28.7 Å². The van der Waals surface area contributed by atoms with Crippen molar-refractivity contribution in [3.63, 3.8) is 0 Å². The van der Waals surface area contributed by atoms with Crippen LogP contribution in [0.25, 0.3) is 21.9 Å². The van der Waals surface area contributed by atoms with E-state index in [4.69, 9.17) is 66.4 Å². The summed E-state index contributed by atoms with van der Waals surface area (Å²) in [6.07, 6.45) is 0. The number of hydrogen-bond acceptors (Lipinski definition) is 18. The van der Waals surface area contributed by atoms with Gasteiger partial charge in [0.05, 0.1) is 0 Å². The minimum atomic E-state index is -0.475. The van der Waals surface area contributed by atoms with Gasteiger partial charge in [0.1, 0.15) is 57.5 Å². The normalized spacial score (nSPS) is 9.51. The third kappa shape index (κ3) is 23.4. The van der Waals surface area contributed by atoms with Crippen LogP contribution in [0.2, 0.25) is 0 Å². The van der Waals surface area contributed by atoms with Crippen molar-refractivity contribution in [2.75, 3.05) is 0 Å². The van der Waals surface area contributed by atoms with Gasteiger partial charge in [-0.3, -0.25) is 0 Å². The summed E-state index contributed by atoms with van der Waals surface area (Å²) in [4.78, 5) is 2.81. The van der Waals surface area contributed by atoms with Crippen molar-refractivity contribution in [2.45, 2.75) is 14.7 Å². The van der Waals surface area contributed by atoms with E-state index in [1.165, 1.54) is 48.5 Å². The van der Waals surface area contributed by atoms with Crippen molar-refractivity contribution in [3.05, 3.63) is 218 Å². The van der Waals surface area contributed by atoms with Gasteiger partial charge in [-0.05, 0) is 132 Å². The first-order chi connectivity index (χ1) is 36.1. The van der Waals surface area contributed by atoms with Crippen molar-refractivity contribution in [1.82, 2.24) is 0 Å². The van der Waals surface area contributed by atoms with Gasteiger partial charge < -0.3 is 76.6 Å². The van der Waals surface area contributed by atoms with Crippen LogP contribution in [0, 0.1) is 0 Å². The van der Waals surface area contributed by atoms with Crippen LogP contribution in [-0.2, 0) is 0 Å². The molecule has 0 aliphatic carbocycles. The molecule has 18 heteroatoms. The fourth-order valence-corrected chi connectivity index (χ4v) is 5.99. The summed E-state index contributed by atoms with van der Waals surface area (Å²) in [6.45, 7) is 0. The van der Waals surface area contributed by atoms with Gasteiger partial charge in [-0.15, -0.1) is 37.9 Å². The number of fused-ring (bicyclic) bond motifs is 1. The van der Waals surface area contributed by atoms with Crippen LogP contribution in [0.1, 0.15) is 0 Å². The molecule has 0 saturated heterocycles. The van der Waals surface area contributed by atoms with Gasteiger partial charge in [-0.25, -0.2) is 0 Å². The Morgan fingerprint density at radius 2 is 0.447 bits per heavy atom. The third-order valence-corrected chi connectivity index (χ3v) is 10.1. The lowest BCUT2D eigenvalue weighted by Crippen LogP contribution is -1.75. The Morgan fingerprint density at radius 3 is 0.724 bits per heavy atom. The van der Waals surface area contributed by atoms with Gasteiger partial charge in [-0.1, -0.05) is 72.8 Å². The second-order valence-electron chi connectivity index (χ2n) is 15.1. The number of phenolic OH excluding ortho intramolecular Hbond substituents is 15. The molecule has 10 rings (SSSR count). The van der Waals surface area contributed by atoms with E-state index >= 15 is 0 Å². The molecule has 0 bridgehead atoms. The highest BCUT2D eigenvalue weighted by Crippen LogP contribution is 2.33. The topological polar surface area (TPSA) is 303 Å². The number of hydrogen-bond donors (Lipinski definition) is 18. The summed E-state index contributed by atoms with van der Waals surface area (Å²) in [7, 11) is 0. The fraction of sp³-hybridized carbons (Fsp3) is 0. The van der Waals surface area contributed by atoms with Crippen molar-refractivity contribution in [3.8, 4) is 97.4 Å². The Balaban J connectivity index is 0.000000231. The average Bonchev–Trinajstić information content (AvgIpc) is 3.38. The summed E-state index contributed by atoms with van der Waals surface area (Å²) >= 11 is 12.2. The molecule has 0 unspecified atom stereocenters. The Morgan fingerprint density at radius 1 is 0.197 bits per heavy atom. The number of benzene rings is 10. The zero-order valence-electron chi connectivity index (χ0n) is 39.8. The van der Waals surface area contributed by atoms with Gasteiger partial charge in [0.2, 0.25) is 0 Å². The maximum absolute atomic E-state index is 9.38. The van der Waals surface area contributed by atoms with Gasteiger partial charge in [0.25, 0.3) is 0 Å². The quantitative estimate of drug-likeness (QED) is 0.0537. The predicted molar refractivity (Wildman–Crippen MR) is 301 cm³/mol. The van der Waals surface area contributed by atoms with Crippen molar-refractivity contribution < 1.29 is 76.6 Å². The first kappa shape index (κ1) is 60.8. The molecular formula is C58H54O15S3. The molecule has 0 amide bonds. The van der Waals surface area contributed by atoms with E-state index < -0.39 is 5.75 Å². The highest BCUT2D eigenvalue weighted by atomic mass is 32.1. The average molecular weight is 1090 g/mol. The maximum atomic E-state index is 9.38. The van der Waals surface area contributed by atoms with E-state index in [2.05, 4.69) is 37.9 Å². The first-order valence-corrected chi connectivity index (χ1v) is 23.3. The largest absolute Gasteiger partial charge is 0.508 e. The maximum Gasteiger partial charge on any atom is 0.200 e. The molecule has 0 fully saturated rings. The zero-order valence-corrected chi connectivity index (χ0v) is 42.5. The Labute approximate surface area is 453 Å². The fourth-order valence-electron chi connectivity index (χ4n) is 5.55. The lowest BCUT2D eigenvalue weighted by atomic mass is 10.1. The summed E-state index contributed by atoms with van der Waals surface area (Å²) in [5.41, 5.74) is 2.03. The van der Waals surface area contributed by atoms with Crippen LogP contribution in [0.15, 0.2) is 233 Å². The minimum absolute atomic E-state index is 0.0764. The summed E-state index contributed by atoms with van der Waals surface area (Å²) < 4.78 is 0. The Bertz CT molecular complexity index is 3010. The Hall–Kier alpha value is -9.49. The monoisotopic (exact) mass is 1090 g/mol. The predicted octanol–water partition coefficient (Wildman–Crippen LogP) is 12.8. The molecule has 0 aliphatic heterocycles. The molecule has 0 saturated carbocycles. The minimum Gasteiger partial charge on any atom is -0.508 e. The molecule has 76 heavy (non-hydrogen) atoms. The molecule has 0 radical (unpaired) electrons. The van der Waals surface area contributed by atoms with Crippen molar-refractivity contribution >= 4 is 48.7 Å². The highest BCUT2D eigenvalue weighted by Gasteiger charge is 2.03. The van der Waals surface area contributed by atoms with E-state index in [-0.39, 0.29) is 80.5 Å². The van der Waals surface area contributed by atoms with Crippen LogP contribution >= 0.6 is 37.9 Å². The Kier molecular flexibility index (Phi) is 25.5. The summed E-state index contributed by atoms with van der Waals surface area (Å²) in [5.74, 6) is -0.320. The van der Waals surface area contributed by atoms with Crippen LogP contribution in [-0.4, -0.2) is 76.6 Å².